The zero-order valence-corrected chi connectivity index (χ0v) is 15.1. The van der Waals surface area contributed by atoms with Gasteiger partial charge in [0.15, 0.2) is 5.70 Å². The summed E-state index contributed by atoms with van der Waals surface area (Å²) in [6.07, 6.45) is 1.56. The topological polar surface area (TPSA) is 7.94 Å². The first-order chi connectivity index (χ1) is 10.7. The van der Waals surface area contributed by atoms with Crippen LogP contribution in [0.1, 0.15) is 63.6 Å². The summed E-state index contributed by atoms with van der Waals surface area (Å²) in [5, 5.41) is 0. The van der Waals surface area contributed by atoms with E-state index in [1.165, 1.54) is 8.96 Å². The molecule has 1 aromatic rings. The molecule has 0 saturated heterocycles. The summed E-state index contributed by atoms with van der Waals surface area (Å²) in [6, 6.07) is 0. The molecule has 2 aliphatic heterocycles. The molecule has 5 heteroatoms. The zero-order chi connectivity index (χ0) is 17.3. The summed E-state index contributed by atoms with van der Waals surface area (Å²) in [6.45, 7) is 9.83. The Hall–Kier alpha value is -1.65. The van der Waals surface area contributed by atoms with Crippen molar-refractivity contribution in [2.45, 2.75) is 61.3 Å². The average molecular weight is 318 g/mol. The number of rotatable bonds is 2. The molecule has 2 nitrogen and oxygen atoms in total. The van der Waals surface area contributed by atoms with Crippen molar-refractivity contribution in [1.82, 2.24) is 4.48 Å². The van der Waals surface area contributed by atoms with Crippen LogP contribution in [0.5, 0.6) is 0 Å². The lowest BCUT2D eigenvalue weighted by atomic mass is 9.86. The highest BCUT2D eigenvalue weighted by molar-refractivity contribution is 6.58. The van der Waals surface area contributed by atoms with E-state index in [0.717, 1.165) is 52.1 Å². The van der Waals surface area contributed by atoms with Gasteiger partial charge in [-0.2, -0.15) is 0 Å². The molecule has 0 N–H and O–H groups in total. The molecule has 0 saturated carbocycles. The van der Waals surface area contributed by atoms with Crippen LogP contribution in [0.2, 0.25) is 0 Å². The van der Waals surface area contributed by atoms with Crippen LogP contribution in [0, 0.1) is 13.8 Å². The maximum atomic E-state index is 15.5. The Morgan fingerprint density at radius 2 is 1.57 bits per heavy atom. The van der Waals surface area contributed by atoms with E-state index in [4.69, 9.17) is 0 Å². The van der Waals surface area contributed by atoms with E-state index in [1.807, 2.05) is 48.5 Å². The molecule has 0 spiro atoms. The van der Waals surface area contributed by atoms with Crippen LogP contribution >= 0.6 is 0 Å². The minimum atomic E-state index is -3.85. The van der Waals surface area contributed by atoms with Crippen molar-refractivity contribution >= 4 is 18.3 Å². The van der Waals surface area contributed by atoms with Gasteiger partial charge in [0.1, 0.15) is 5.71 Å². The Morgan fingerprint density at radius 3 is 2.09 bits per heavy atom. The SMILES string of the molecule is CCC1=C(C)C2=C(C)c3c(C)c(CC)c(C)n3[B-](F)(F)[N+]2=C1C. The second-order valence-electron chi connectivity index (χ2n) is 6.74. The van der Waals surface area contributed by atoms with E-state index in [2.05, 4.69) is 0 Å². The molecule has 0 unspecified atom stereocenters. The third kappa shape index (κ3) is 1.76. The fraction of sp³-hybridized carbons (Fsp3) is 0.500. The Balaban J connectivity index is 2.47. The van der Waals surface area contributed by atoms with Gasteiger partial charge in [-0.1, -0.05) is 13.8 Å². The minimum Gasteiger partial charge on any atom is -0.393 e. The van der Waals surface area contributed by atoms with Gasteiger partial charge < -0.3 is 17.6 Å². The molecule has 23 heavy (non-hydrogen) atoms. The van der Waals surface area contributed by atoms with Gasteiger partial charge >= 0.3 is 6.97 Å². The molecule has 0 aliphatic carbocycles. The molecule has 0 radical (unpaired) electrons. The molecule has 0 fully saturated rings. The number of hydrogen-bond donors (Lipinski definition) is 0. The van der Waals surface area contributed by atoms with E-state index >= 15 is 8.63 Å². The largest absolute Gasteiger partial charge is 0.737 e. The van der Waals surface area contributed by atoms with Gasteiger partial charge in [-0.3, -0.25) is 0 Å². The first-order valence-electron chi connectivity index (χ1n) is 8.47. The summed E-state index contributed by atoms with van der Waals surface area (Å²) in [5.74, 6) is 0. The highest BCUT2D eigenvalue weighted by Crippen LogP contribution is 2.44. The standard InChI is InChI=1S/C18H25BF2N2/c1-8-15-10(3)17-12(5)18-11(4)16(9-2)14(7)23(18)19(20,21)22(17)13(15)6/h8-9H2,1-7H3. The summed E-state index contributed by atoms with van der Waals surface area (Å²) >= 11 is 0. The van der Waals surface area contributed by atoms with Crippen LogP contribution in [0.3, 0.4) is 0 Å². The number of allylic oxidation sites excluding steroid dienone is 3. The quantitative estimate of drug-likeness (QED) is 0.689. The lowest BCUT2D eigenvalue weighted by molar-refractivity contribution is -0.363. The fourth-order valence-electron chi connectivity index (χ4n) is 4.79. The number of aromatic nitrogens is 1. The lowest BCUT2D eigenvalue weighted by Crippen LogP contribution is -2.51. The van der Waals surface area contributed by atoms with E-state index < -0.39 is 6.97 Å². The molecule has 3 rings (SSSR count). The lowest BCUT2D eigenvalue weighted by Gasteiger charge is -2.33. The third-order valence-electron chi connectivity index (χ3n) is 5.73. The van der Waals surface area contributed by atoms with Gasteiger partial charge in [0, 0.05) is 29.3 Å². The van der Waals surface area contributed by atoms with Crippen molar-refractivity contribution in [3.63, 3.8) is 0 Å². The minimum absolute atomic E-state index is 0.707. The number of hydrogen-bond acceptors (Lipinski definition) is 0. The van der Waals surface area contributed by atoms with Crippen LogP contribution in [0.4, 0.5) is 8.63 Å². The first-order valence-corrected chi connectivity index (χ1v) is 8.47. The smallest absolute Gasteiger partial charge is 0.393 e. The second kappa shape index (κ2) is 4.92. The van der Waals surface area contributed by atoms with Gasteiger partial charge in [0.05, 0.1) is 0 Å². The summed E-state index contributed by atoms with van der Waals surface area (Å²) in [4.78, 5) is 0. The van der Waals surface area contributed by atoms with Gasteiger partial charge in [0.2, 0.25) is 0 Å². The van der Waals surface area contributed by atoms with E-state index in [-0.39, 0.29) is 0 Å². The normalized spacial score (nSPS) is 19.7. The van der Waals surface area contributed by atoms with Gasteiger partial charge in [-0.25, -0.2) is 0 Å². The molecular weight excluding hydrogens is 293 g/mol. The maximum absolute atomic E-state index is 15.5. The Bertz CT molecular complexity index is 823. The van der Waals surface area contributed by atoms with Gasteiger partial charge in [-0.15, -0.1) is 0 Å². The van der Waals surface area contributed by atoms with Crippen LogP contribution in [0.25, 0.3) is 5.57 Å². The molecule has 2 aliphatic rings. The summed E-state index contributed by atoms with van der Waals surface area (Å²) < 4.78 is 33.7. The molecule has 0 amide bonds. The maximum Gasteiger partial charge on any atom is 0.737 e. The number of nitrogens with zero attached hydrogens (tertiary/aromatic N) is 2. The van der Waals surface area contributed by atoms with Crippen LogP contribution in [-0.4, -0.2) is 21.6 Å². The predicted molar refractivity (Wildman–Crippen MR) is 93.2 cm³/mol. The van der Waals surface area contributed by atoms with Crippen LogP contribution in [-0.2, 0) is 6.42 Å². The van der Waals surface area contributed by atoms with E-state index in [1.54, 1.807) is 0 Å². The van der Waals surface area contributed by atoms with Crippen molar-refractivity contribution < 1.29 is 13.1 Å². The highest BCUT2D eigenvalue weighted by Gasteiger charge is 2.55. The van der Waals surface area contributed by atoms with E-state index in [0.29, 0.717) is 11.4 Å². The number of halogens is 2. The Kier molecular flexibility index (Phi) is 3.47. The summed E-state index contributed by atoms with van der Waals surface area (Å²) in [5.41, 5.74) is 7.95. The molecule has 3 heterocycles. The van der Waals surface area contributed by atoms with Crippen LogP contribution in [0.15, 0.2) is 16.8 Å². The fourth-order valence-corrected chi connectivity index (χ4v) is 4.79. The third-order valence-corrected chi connectivity index (χ3v) is 5.73. The summed E-state index contributed by atoms with van der Waals surface area (Å²) in [7, 11) is 0. The predicted octanol–water partition coefficient (Wildman–Crippen LogP) is 4.85. The molecule has 0 aromatic carbocycles. The molecule has 124 valence electrons. The molecule has 0 atom stereocenters. The Labute approximate surface area is 137 Å². The number of fused-ring (bicyclic) bond motifs is 2. The molecule has 1 aromatic heterocycles. The second-order valence-corrected chi connectivity index (χ2v) is 6.74. The highest BCUT2D eigenvalue weighted by atomic mass is 19.2. The van der Waals surface area contributed by atoms with Crippen molar-refractivity contribution in [3.05, 3.63) is 39.4 Å². The van der Waals surface area contributed by atoms with Crippen molar-refractivity contribution in [2.75, 3.05) is 0 Å². The molecular formula is C18H25BF2N2. The average Bonchev–Trinajstić information content (AvgIpc) is 2.89. The van der Waals surface area contributed by atoms with Crippen molar-refractivity contribution in [1.29, 1.82) is 0 Å². The zero-order valence-electron chi connectivity index (χ0n) is 15.1. The van der Waals surface area contributed by atoms with Crippen molar-refractivity contribution in [3.8, 4) is 0 Å². The van der Waals surface area contributed by atoms with Crippen LogP contribution < -0.4 is 0 Å². The monoisotopic (exact) mass is 318 g/mol. The van der Waals surface area contributed by atoms with Crippen molar-refractivity contribution in [2.24, 2.45) is 0 Å². The van der Waals surface area contributed by atoms with Gasteiger partial charge in [0.25, 0.3) is 0 Å². The molecule has 0 bridgehead atoms. The first kappa shape index (κ1) is 16.2. The van der Waals surface area contributed by atoms with E-state index in [9.17, 15) is 0 Å². The van der Waals surface area contributed by atoms with Gasteiger partial charge in [-0.05, 0) is 57.4 Å². The Morgan fingerprint density at radius 1 is 0.957 bits per heavy atom.